The second kappa shape index (κ2) is 8.97. The molecule has 1 amide bonds. The highest BCUT2D eigenvalue weighted by molar-refractivity contribution is 9.10. The molecular formula is C21H23BrN2O. The molecule has 0 N–H and O–H groups in total. The van der Waals surface area contributed by atoms with Crippen molar-refractivity contribution in [1.29, 1.82) is 0 Å². The predicted molar refractivity (Wildman–Crippen MR) is 106 cm³/mol. The van der Waals surface area contributed by atoms with Crippen LogP contribution < -0.4 is 0 Å². The molecular weight excluding hydrogens is 376 g/mol. The summed E-state index contributed by atoms with van der Waals surface area (Å²) in [5, 5.41) is 0. The first-order valence-corrected chi connectivity index (χ1v) is 9.47. The Hall–Kier alpha value is -1.91. The van der Waals surface area contributed by atoms with Crippen LogP contribution in [-0.4, -0.2) is 48.4 Å². The zero-order valence-electron chi connectivity index (χ0n) is 14.3. The number of benzene rings is 2. The Bertz CT molecular complexity index is 722. The first-order valence-electron chi connectivity index (χ1n) is 8.67. The van der Waals surface area contributed by atoms with Crippen LogP contribution in [0.25, 0.3) is 6.08 Å². The molecule has 2 aromatic rings. The maximum Gasteiger partial charge on any atom is 0.227 e. The number of carbonyl (C=O) groups excluding carboxylic acids is 1. The third-order valence-electron chi connectivity index (χ3n) is 4.50. The van der Waals surface area contributed by atoms with E-state index in [0.29, 0.717) is 6.42 Å². The molecule has 1 fully saturated rings. The Balaban J connectivity index is 1.44. The third-order valence-corrected chi connectivity index (χ3v) is 5.27. The second-order valence-corrected chi connectivity index (χ2v) is 7.12. The largest absolute Gasteiger partial charge is 0.340 e. The van der Waals surface area contributed by atoms with Gasteiger partial charge in [0.05, 0.1) is 6.42 Å². The van der Waals surface area contributed by atoms with E-state index in [1.807, 2.05) is 35.2 Å². The normalized spacial score (nSPS) is 15.6. The number of rotatable bonds is 5. The smallest absolute Gasteiger partial charge is 0.227 e. The van der Waals surface area contributed by atoms with Crippen LogP contribution in [0.15, 0.2) is 65.1 Å². The highest BCUT2D eigenvalue weighted by Crippen LogP contribution is 2.17. The summed E-state index contributed by atoms with van der Waals surface area (Å²) in [6.45, 7) is 4.41. The molecule has 0 unspecified atom stereocenters. The maximum atomic E-state index is 12.5. The number of hydrogen-bond acceptors (Lipinski definition) is 2. The minimum atomic E-state index is 0.214. The standard InChI is InChI=1S/C21H23BrN2O/c22-20-11-5-4-10-19(20)17-21(25)24-15-13-23(14-16-24)12-6-9-18-7-2-1-3-8-18/h1-11H,12-17H2/b9-6+. The van der Waals surface area contributed by atoms with Crippen molar-refractivity contribution in [3.05, 3.63) is 76.3 Å². The first-order chi connectivity index (χ1) is 12.2. The van der Waals surface area contributed by atoms with Crippen LogP contribution in [0.4, 0.5) is 0 Å². The van der Waals surface area contributed by atoms with Gasteiger partial charge in [-0.1, -0.05) is 76.6 Å². The summed E-state index contributed by atoms with van der Waals surface area (Å²) in [6.07, 6.45) is 4.83. The molecule has 2 aromatic carbocycles. The summed E-state index contributed by atoms with van der Waals surface area (Å²) in [4.78, 5) is 16.9. The number of halogens is 1. The van der Waals surface area contributed by atoms with Crippen LogP contribution in [0.1, 0.15) is 11.1 Å². The SMILES string of the molecule is O=C(Cc1ccccc1Br)N1CCN(C/C=C/c2ccccc2)CC1. The molecule has 0 aliphatic carbocycles. The Morgan fingerprint density at radius 1 is 0.960 bits per heavy atom. The molecule has 3 rings (SSSR count). The van der Waals surface area contributed by atoms with Gasteiger partial charge in [-0.05, 0) is 17.2 Å². The van der Waals surface area contributed by atoms with Crippen molar-refractivity contribution >= 4 is 27.9 Å². The third kappa shape index (κ3) is 5.28. The van der Waals surface area contributed by atoms with Gasteiger partial charge in [0.15, 0.2) is 0 Å². The van der Waals surface area contributed by atoms with Crippen LogP contribution in [0.2, 0.25) is 0 Å². The molecule has 0 aromatic heterocycles. The van der Waals surface area contributed by atoms with Crippen molar-refractivity contribution in [3.8, 4) is 0 Å². The van der Waals surface area contributed by atoms with E-state index < -0.39 is 0 Å². The molecule has 0 spiro atoms. The Morgan fingerprint density at radius 3 is 2.36 bits per heavy atom. The molecule has 130 valence electrons. The van der Waals surface area contributed by atoms with Gasteiger partial charge in [0.1, 0.15) is 0 Å². The van der Waals surface area contributed by atoms with Crippen molar-refractivity contribution in [1.82, 2.24) is 9.80 Å². The Labute approximate surface area is 158 Å². The van der Waals surface area contributed by atoms with E-state index in [9.17, 15) is 4.79 Å². The quantitative estimate of drug-likeness (QED) is 0.763. The lowest BCUT2D eigenvalue weighted by Crippen LogP contribution is -2.49. The van der Waals surface area contributed by atoms with E-state index in [1.54, 1.807) is 0 Å². The summed E-state index contributed by atoms with van der Waals surface area (Å²) in [7, 11) is 0. The zero-order chi connectivity index (χ0) is 17.5. The molecule has 1 aliphatic heterocycles. The summed E-state index contributed by atoms with van der Waals surface area (Å²) in [5.41, 5.74) is 2.28. The molecule has 0 atom stereocenters. The molecule has 0 bridgehead atoms. The Kier molecular flexibility index (Phi) is 6.42. The lowest BCUT2D eigenvalue weighted by molar-refractivity contribution is -0.132. The molecule has 0 saturated carbocycles. The zero-order valence-corrected chi connectivity index (χ0v) is 15.9. The van der Waals surface area contributed by atoms with E-state index in [2.05, 4.69) is 57.2 Å². The van der Waals surface area contributed by atoms with E-state index in [0.717, 1.165) is 42.8 Å². The summed E-state index contributed by atoms with van der Waals surface area (Å²) in [6, 6.07) is 18.3. The highest BCUT2D eigenvalue weighted by atomic mass is 79.9. The van der Waals surface area contributed by atoms with Crippen LogP contribution in [-0.2, 0) is 11.2 Å². The predicted octanol–water partition coefficient (Wildman–Crippen LogP) is 3.85. The van der Waals surface area contributed by atoms with Crippen molar-refractivity contribution < 1.29 is 4.79 Å². The van der Waals surface area contributed by atoms with E-state index in [1.165, 1.54) is 5.56 Å². The van der Waals surface area contributed by atoms with E-state index in [-0.39, 0.29) is 5.91 Å². The molecule has 1 saturated heterocycles. The van der Waals surface area contributed by atoms with Gasteiger partial charge in [0, 0.05) is 37.2 Å². The topological polar surface area (TPSA) is 23.6 Å². The van der Waals surface area contributed by atoms with Crippen molar-refractivity contribution in [3.63, 3.8) is 0 Å². The number of hydrogen-bond donors (Lipinski definition) is 0. The second-order valence-electron chi connectivity index (χ2n) is 6.26. The number of amides is 1. The van der Waals surface area contributed by atoms with Crippen LogP contribution in [0, 0.1) is 0 Å². The summed E-state index contributed by atoms with van der Waals surface area (Å²) >= 11 is 3.52. The van der Waals surface area contributed by atoms with E-state index >= 15 is 0 Å². The molecule has 3 nitrogen and oxygen atoms in total. The van der Waals surface area contributed by atoms with Gasteiger partial charge in [0.2, 0.25) is 5.91 Å². The lowest BCUT2D eigenvalue weighted by Gasteiger charge is -2.34. The summed E-state index contributed by atoms with van der Waals surface area (Å²) < 4.78 is 1.01. The molecule has 0 radical (unpaired) electrons. The molecule has 4 heteroatoms. The number of nitrogens with zero attached hydrogens (tertiary/aromatic N) is 2. The monoisotopic (exact) mass is 398 g/mol. The van der Waals surface area contributed by atoms with Gasteiger partial charge in [0.25, 0.3) is 0 Å². The van der Waals surface area contributed by atoms with Gasteiger partial charge in [-0.2, -0.15) is 0 Å². The first kappa shape index (κ1) is 17.9. The maximum absolute atomic E-state index is 12.5. The number of piperazine rings is 1. The van der Waals surface area contributed by atoms with Crippen molar-refractivity contribution in [2.45, 2.75) is 6.42 Å². The van der Waals surface area contributed by atoms with Crippen LogP contribution >= 0.6 is 15.9 Å². The fourth-order valence-corrected chi connectivity index (χ4v) is 3.42. The van der Waals surface area contributed by atoms with Gasteiger partial charge in [-0.15, -0.1) is 0 Å². The fraction of sp³-hybridized carbons (Fsp3) is 0.286. The van der Waals surface area contributed by atoms with Gasteiger partial charge in [-0.25, -0.2) is 0 Å². The van der Waals surface area contributed by atoms with E-state index in [4.69, 9.17) is 0 Å². The average molecular weight is 399 g/mol. The Morgan fingerprint density at radius 2 is 1.64 bits per heavy atom. The minimum absolute atomic E-state index is 0.214. The van der Waals surface area contributed by atoms with Crippen molar-refractivity contribution in [2.75, 3.05) is 32.7 Å². The molecule has 25 heavy (non-hydrogen) atoms. The highest BCUT2D eigenvalue weighted by Gasteiger charge is 2.20. The lowest BCUT2D eigenvalue weighted by atomic mass is 10.1. The number of carbonyl (C=O) groups is 1. The molecule has 1 heterocycles. The van der Waals surface area contributed by atoms with Crippen molar-refractivity contribution in [2.24, 2.45) is 0 Å². The van der Waals surface area contributed by atoms with Crippen LogP contribution in [0.3, 0.4) is 0 Å². The van der Waals surface area contributed by atoms with Gasteiger partial charge in [-0.3, -0.25) is 9.69 Å². The minimum Gasteiger partial charge on any atom is -0.340 e. The van der Waals surface area contributed by atoms with Gasteiger partial charge >= 0.3 is 0 Å². The summed E-state index contributed by atoms with van der Waals surface area (Å²) in [5.74, 6) is 0.214. The molecule has 1 aliphatic rings. The van der Waals surface area contributed by atoms with Crippen LogP contribution in [0.5, 0.6) is 0 Å². The fourth-order valence-electron chi connectivity index (χ4n) is 3.00. The average Bonchev–Trinajstić information content (AvgIpc) is 2.65. The van der Waals surface area contributed by atoms with Gasteiger partial charge < -0.3 is 4.90 Å².